The van der Waals surface area contributed by atoms with Crippen molar-refractivity contribution in [3.63, 3.8) is 0 Å². The molecule has 0 bridgehead atoms. The van der Waals surface area contributed by atoms with Crippen LogP contribution in [0.25, 0.3) is 0 Å². The monoisotopic (exact) mass is 272 g/mol. The average molecular weight is 272 g/mol. The van der Waals surface area contributed by atoms with Crippen molar-refractivity contribution in [1.29, 1.82) is 0 Å². The van der Waals surface area contributed by atoms with Gasteiger partial charge in [0.1, 0.15) is 0 Å². The molecule has 1 aliphatic carbocycles. The highest BCUT2D eigenvalue weighted by Crippen LogP contribution is 2.47. The number of fused-ring (bicyclic) bond motifs is 1. The number of piperidine rings is 1. The van der Waals surface area contributed by atoms with Crippen LogP contribution in [0.5, 0.6) is 0 Å². The number of nitrogens with one attached hydrogen (secondary N) is 1. The van der Waals surface area contributed by atoms with Gasteiger partial charge in [-0.25, -0.2) is 0 Å². The molecule has 0 spiro atoms. The van der Waals surface area contributed by atoms with Crippen LogP contribution in [0.15, 0.2) is 24.3 Å². The molecular formula is C16H20N2O2. The zero-order chi connectivity index (χ0) is 14.3. The molecule has 106 valence electrons. The minimum absolute atomic E-state index is 0.0124. The molecule has 4 nitrogen and oxygen atoms in total. The molecule has 0 aromatic heterocycles. The number of aryl methyl sites for hydroxylation is 1. The van der Waals surface area contributed by atoms with Gasteiger partial charge in [-0.15, -0.1) is 0 Å². The van der Waals surface area contributed by atoms with Crippen LogP contribution in [0, 0.1) is 18.8 Å². The van der Waals surface area contributed by atoms with Crippen molar-refractivity contribution in [2.45, 2.75) is 26.3 Å². The van der Waals surface area contributed by atoms with Gasteiger partial charge in [-0.2, -0.15) is 0 Å². The molecule has 1 heterocycles. The lowest BCUT2D eigenvalue weighted by Crippen LogP contribution is -2.40. The first-order valence-electron chi connectivity index (χ1n) is 7.27. The summed E-state index contributed by atoms with van der Waals surface area (Å²) in [5.41, 5.74) is 2.35. The number of benzene rings is 1. The van der Waals surface area contributed by atoms with Crippen molar-refractivity contribution < 1.29 is 9.59 Å². The fraction of sp³-hybridized carbons (Fsp3) is 0.500. The van der Waals surface area contributed by atoms with Gasteiger partial charge in [0.25, 0.3) is 0 Å². The number of hydrogen-bond donors (Lipinski definition) is 1. The van der Waals surface area contributed by atoms with Crippen molar-refractivity contribution in [3.8, 4) is 0 Å². The van der Waals surface area contributed by atoms with Crippen molar-refractivity contribution in [3.05, 3.63) is 35.4 Å². The number of rotatable bonds is 5. The Bertz CT molecular complexity index is 535. The molecule has 4 heteroatoms. The Morgan fingerprint density at radius 2 is 1.90 bits per heavy atom. The Balaban J connectivity index is 1.80. The molecule has 1 saturated heterocycles. The lowest BCUT2D eigenvalue weighted by Gasteiger charge is -2.26. The Kier molecular flexibility index (Phi) is 3.34. The van der Waals surface area contributed by atoms with Crippen molar-refractivity contribution >= 4 is 11.8 Å². The first-order chi connectivity index (χ1) is 9.63. The van der Waals surface area contributed by atoms with E-state index in [-0.39, 0.29) is 29.7 Å². The second-order valence-corrected chi connectivity index (χ2v) is 5.70. The predicted octanol–water partition coefficient (Wildman–Crippen LogP) is 1.65. The quantitative estimate of drug-likeness (QED) is 0.829. The van der Waals surface area contributed by atoms with E-state index < -0.39 is 0 Å². The molecule has 2 fully saturated rings. The SMILES string of the molecule is CCNC(CN1C(=O)C2CC2C1=O)c1ccccc1C. The van der Waals surface area contributed by atoms with Gasteiger partial charge >= 0.3 is 0 Å². The van der Waals surface area contributed by atoms with Crippen molar-refractivity contribution in [2.24, 2.45) is 11.8 Å². The van der Waals surface area contributed by atoms with E-state index in [0.717, 1.165) is 18.5 Å². The molecule has 1 saturated carbocycles. The van der Waals surface area contributed by atoms with E-state index in [1.54, 1.807) is 0 Å². The van der Waals surface area contributed by atoms with Gasteiger partial charge in [-0.05, 0) is 31.0 Å². The molecule has 2 amide bonds. The fourth-order valence-electron chi connectivity index (χ4n) is 3.11. The smallest absolute Gasteiger partial charge is 0.233 e. The first-order valence-corrected chi connectivity index (χ1v) is 7.27. The summed E-state index contributed by atoms with van der Waals surface area (Å²) in [7, 11) is 0. The van der Waals surface area contributed by atoms with E-state index in [1.807, 2.05) is 19.1 Å². The van der Waals surface area contributed by atoms with Crippen LogP contribution in [0.2, 0.25) is 0 Å². The Labute approximate surface area is 119 Å². The summed E-state index contributed by atoms with van der Waals surface area (Å²) < 4.78 is 0. The highest BCUT2D eigenvalue weighted by atomic mass is 16.2. The minimum atomic E-state index is -0.0124. The van der Waals surface area contributed by atoms with Gasteiger partial charge in [-0.1, -0.05) is 31.2 Å². The number of carbonyl (C=O) groups excluding carboxylic acids is 2. The van der Waals surface area contributed by atoms with Crippen LogP contribution >= 0.6 is 0 Å². The third-order valence-corrected chi connectivity index (χ3v) is 4.34. The number of amides is 2. The Morgan fingerprint density at radius 3 is 2.50 bits per heavy atom. The van der Waals surface area contributed by atoms with Crippen LogP contribution < -0.4 is 5.32 Å². The third-order valence-electron chi connectivity index (χ3n) is 4.34. The molecule has 20 heavy (non-hydrogen) atoms. The van der Waals surface area contributed by atoms with Crippen LogP contribution in [0.4, 0.5) is 0 Å². The largest absolute Gasteiger partial charge is 0.309 e. The standard InChI is InChI=1S/C16H20N2O2/c1-3-17-14(11-7-5-4-6-10(11)2)9-18-15(19)12-8-13(12)16(18)20/h4-7,12-14,17H,3,8-9H2,1-2H3. The third kappa shape index (κ3) is 2.14. The maximum absolute atomic E-state index is 12.1. The molecule has 3 atom stereocenters. The topological polar surface area (TPSA) is 49.4 Å². The van der Waals surface area contributed by atoms with E-state index >= 15 is 0 Å². The van der Waals surface area contributed by atoms with Crippen LogP contribution in [0.1, 0.15) is 30.5 Å². The normalized spacial score (nSPS) is 25.8. The summed E-state index contributed by atoms with van der Waals surface area (Å²) in [6.45, 7) is 5.35. The lowest BCUT2D eigenvalue weighted by atomic mass is 10.0. The zero-order valence-electron chi connectivity index (χ0n) is 11.9. The fourth-order valence-corrected chi connectivity index (χ4v) is 3.11. The zero-order valence-corrected chi connectivity index (χ0v) is 11.9. The van der Waals surface area contributed by atoms with Gasteiger partial charge in [0.15, 0.2) is 0 Å². The second kappa shape index (κ2) is 5.02. The summed E-state index contributed by atoms with van der Waals surface area (Å²) in [5.74, 6) is 0.0243. The number of imide groups is 1. The molecule has 1 aliphatic heterocycles. The van der Waals surface area contributed by atoms with Gasteiger partial charge in [0.05, 0.1) is 17.9 Å². The van der Waals surface area contributed by atoms with Crippen molar-refractivity contribution in [2.75, 3.05) is 13.1 Å². The second-order valence-electron chi connectivity index (χ2n) is 5.70. The van der Waals surface area contributed by atoms with Crippen LogP contribution in [-0.4, -0.2) is 29.8 Å². The Hall–Kier alpha value is -1.68. The number of carbonyl (C=O) groups is 2. The van der Waals surface area contributed by atoms with E-state index in [0.29, 0.717) is 6.54 Å². The van der Waals surface area contributed by atoms with E-state index in [1.165, 1.54) is 10.5 Å². The molecule has 1 N–H and O–H groups in total. The van der Waals surface area contributed by atoms with E-state index in [4.69, 9.17) is 0 Å². The first kappa shape index (κ1) is 13.3. The summed E-state index contributed by atoms with van der Waals surface area (Å²) in [5, 5.41) is 3.39. The van der Waals surface area contributed by atoms with Gasteiger partial charge < -0.3 is 5.32 Å². The van der Waals surface area contributed by atoms with Gasteiger partial charge in [-0.3, -0.25) is 14.5 Å². The molecular weight excluding hydrogens is 252 g/mol. The summed E-state index contributed by atoms with van der Waals surface area (Å²) in [6.07, 6.45) is 0.768. The number of nitrogens with zero attached hydrogens (tertiary/aromatic N) is 1. The molecule has 1 aromatic carbocycles. The highest BCUT2D eigenvalue weighted by molar-refractivity contribution is 6.08. The minimum Gasteiger partial charge on any atom is -0.309 e. The number of hydrogen-bond acceptors (Lipinski definition) is 3. The molecule has 0 radical (unpaired) electrons. The average Bonchev–Trinajstić information content (AvgIpc) is 3.19. The van der Waals surface area contributed by atoms with E-state index in [9.17, 15) is 9.59 Å². The van der Waals surface area contributed by atoms with Gasteiger partial charge in [0.2, 0.25) is 11.8 Å². The summed E-state index contributed by atoms with van der Waals surface area (Å²) >= 11 is 0. The number of likely N-dealkylation sites (tertiary alicyclic amines) is 1. The maximum atomic E-state index is 12.1. The maximum Gasteiger partial charge on any atom is 0.233 e. The molecule has 2 aliphatic rings. The highest BCUT2D eigenvalue weighted by Gasteiger charge is 2.58. The number of likely N-dealkylation sites (N-methyl/N-ethyl adjacent to an activating group) is 1. The van der Waals surface area contributed by atoms with Crippen LogP contribution in [-0.2, 0) is 9.59 Å². The predicted molar refractivity (Wildman–Crippen MR) is 75.9 cm³/mol. The molecule has 3 unspecified atom stereocenters. The Morgan fingerprint density at radius 1 is 1.25 bits per heavy atom. The summed E-state index contributed by atoms with van der Waals surface area (Å²) in [4.78, 5) is 25.6. The van der Waals surface area contributed by atoms with E-state index in [2.05, 4.69) is 24.4 Å². The lowest BCUT2D eigenvalue weighted by molar-refractivity contribution is -0.141. The van der Waals surface area contributed by atoms with Crippen LogP contribution in [0.3, 0.4) is 0 Å². The van der Waals surface area contributed by atoms with Gasteiger partial charge in [0, 0.05) is 6.54 Å². The summed E-state index contributed by atoms with van der Waals surface area (Å²) in [6, 6.07) is 8.15. The molecule has 3 rings (SSSR count). The van der Waals surface area contributed by atoms with Crippen molar-refractivity contribution in [1.82, 2.24) is 10.2 Å². The molecule has 1 aromatic rings.